The normalized spacial score (nSPS) is 29.4. The Labute approximate surface area is 145 Å². The summed E-state index contributed by atoms with van der Waals surface area (Å²) in [5, 5.41) is 0. The molecule has 0 bridgehead atoms. The van der Waals surface area contributed by atoms with E-state index in [0.717, 1.165) is 19.3 Å². The molecule has 24 heavy (non-hydrogen) atoms. The molecule has 1 aliphatic carbocycles. The third-order valence-electron chi connectivity index (χ3n) is 5.62. The predicted octanol–water partition coefficient (Wildman–Crippen LogP) is 3.72. The largest absolute Gasteiger partial charge is 0.445 e. The highest BCUT2D eigenvalue weighted by Gasteiger charge is 2.57. The van der Waals surface area contributed by atoms with Crippen LogP contribution in [0.1, 0.15) is 58.3 Å². The Kier molecular flexibility index (Phi) is 6.84. The van der Waals surface area contributed by atoms with Gasteiger partial charge in [-0.25, -0.2) is 4.79 Å². The van der Waals surface area contributed by atoms with E-state index in [4.69, 9.17) is 9.47 Å². The fraction of sp³-hybridized carbons (Fsp3) is 0.789. The Morgan fingerprint density at radius 3 is 2.83 bits per heavy atom. The maximum Gasteiger partial charge on any atom is 0.410 e. The van der Waals surface area contributed by atoms with Gasteiger partial charge in [-0.2, -0.15) is 0 Å². The number of methoxy groups -OCH3 is 1. The molecule has 0 unspecified atom stereocenters. The highest BCUT2D eigenvalue weighted by molar-refractivity contribution is 5.82. The van der Waals surface area contributed by atoms with Crippen molar-refractivity contribution in [3.63, 3.8) is 0 Å². The Morgan fingerprint density at radius 1 is 1.38 bits per heavy atom. The number of carbonyl (C=O) groups excluding carboxylic acids is 2. The molecule has 0 aromatic rings. The zero-order chi connectivity index (χ0) is 17.6. The number of rotatable bonds is 8. The first-order valence-corrected chi connectivity index (χ1v) is 9.20. The first-order chi connectivity index (χ1) is 11.6. The van der Waals surface area contributed by atoms with E-state index in [1.54, 1.807) is 18.1 Å². The summed E-state index contributed by atoms with van der Waals surface area (Å²) in [6, 6.07) is -0.197. The molecular formula is C19H31NO4. The standard InChI is InChI=1S/C19H31NO4/c1-4-6-7-8-9-15-13-16(21)14-17-19(15,23-3)10-11-20(17)18(22)24-12-5-2/h5,15,17H,2,4,6-14H2,1,3H3/t15-,17-,19-/m0/s1. The highest BCUT2D eigenvalue weighted by Crippen LogP contribution is 2.47. The van der Waals surface area contributed by atoms with Crippen LogP contribution in [0.25, 0.3) is 0 Å². The van der Waals surface area contributed by atoms with Crippen LogP contribution in [0, 0.1) is 5.92 Å². The number of likely N-dealkylation sites (tertiary alicyclic amines) is 1. The quantitative estimate of drug-likeness (QED) is 0.500. The predicted molar refractivity (Wildman–Crippen MR) is 92.9 cm³/mol. The van der Waals surface area contributed by atoms with Crippen molar-refractivity contribution in [1.29, 1.82) is 0 Å². The van der Waals surface area contributed by atoms with Crippen molar-refractivity contribution in [2.75, 3.05) is 20.3 Å². The number of hydrogen-bond donors (Lipinski definition) is 0. The summed E-state index contributed by atoms with van der Waals surface area (Å²) in [7, 11) is 1.72. The molecule has 0 aromatic heterocycles. The van der Waals surface area contributed by atoms with Crippen LogP contribution >= 0.6 is 0 Å². The van der Waals surface area contributed by atoms with Gasteiger partial charge in [0.25, 0.3) is 0 Å². The van der Waals surface area contributed by atoms with Gasteiger partial charge in [0.2, 0.25) is 0 Å². The maximum atomic E-state index is 12.3. The first kappa shape index (κ1) is 19.0. The van der Waals surface area contributed by atoms with E-state index in [0.29, 0.717) is 19.4 Å². The molecule has 2 fully saturated rings. The van der Waals surface area contributed by atoms with Crippen LogP contribution in [-0.2, 0) is 14.3 Å². The molecule has 5 heteroatoms. The molecule has 5 nitrogen and oxygen atoms in total. The summed E-state index contributed by atoms with van der Waals surface area (Å²) in [5.41, 5.74) is -0.396. The number of Topliss-reactive ketones (excluding diaryl/α,β-unsaturated/α-hetero) is 1. The fourth-order valence-electron chi connectivity index (χ4n) is 4.39. The van der Waals surface area contributed by atoms with Gasteiger partial charge in [0, 0.05) is 26.5 Å². The summed E-state index contributed by atoms with van der Waals surface area (Å²) in [6.07, 6.45) is 8.65. The number of hydrogen-bond acceptors (Lipinski definition) is 4. The zero-order valence-corrected chi connectivity index (χ0v) is 15.1. The van der Waals surface area contributed by atoms with Crippen molar-refractivity contribution in [2.24, 2.45) is 5.92 Å². The second kappa shape index (κ2) is 8.65. The summed E-state index contributed by atoms with van der Waals surface area (Å²) in [4.78, 5) is 26.3. The van der Waals surface area contributed by atoms with Crippen LogP contribution in [0.2, 0.25) is 0 Å². The number of ketones is 1. The average Bonchev–Trinajstić information content (AvgIpc) is 2.96. The molecule has 0 aromatic carbocycles. The Balaban J connectivity index is 2.10. The van der Waals surface area contributed by atoms with Crippen molar-refractivity contribution in [2.45, 2.75) is 69.9 Å². The van der Waals surface area contributed by atoms with E-state index in [1.165, 1.54) is 19.3 Å². The number of ether oxygens (including phenoxy) is 2. The molecule has 3 atom stereocenters. The molecule has 1 saturated heterocycles. The molecule has 1 aliphatic heterocycles. The number of carbonyl (C=O) groups is 2. The van der Waals surface area contributed by atoms with E-state index >= 15 is 0 Å². The topological polar surface area (TPSA) is 55.8 Å². The number of unbranched alkanes of at least 4 members (excludes halogenated alkanes) is 3. The lowest BCUT2D eigenvalue weighted by Gasteiger charge is -2.45. The molecule has 0 spiro atoms. The molecule has 0 N–H and O–H groups in total. The van der Waals surface area contributed by atoms with Crippen molar-refractivity contribution < 1.29 is 19.1 Å². The van der Waals surface area contributed by atoms with Crippen LogP contribution in [0.4, 0.5) is 4.79 Å². The first-order valence-electron chi connectivity index (χ1n) is 9.20. The second-order valence-corrected chi connectivity index (χ2v) is 6.98. The summed E-state index contributed by atoms with van der Waals surface area (Å²) >= 11 is 0. The van der Waals surface area contributed by atoms with Gasteiger partial charge < -0.3 is 14.4 Å². The molecule has 2 aliphatic rings. The molecular weight excluding hydrogens is 306 g/mol. The minimum Gasteiger partial charge on any atom is -0.445 e. The molecule has 2 rings (SSSR count). The number of amides is 1. The summed E-state index contributed by atoms with van der Waals surface area (Å²) in [6.45, 7) is 6.55. The van der Waals surface area contributed by atoms with Crippen LogP contribution in [0.15, 0.2) is 12.7 Å². The van der Waals surface area contributed by atoms with Gasteiger partial charge in [0.15, 0.2) is 0 Å². The second-order valence-electron chi connectivity index (χ2n) is 6.98. The number of fused-ring (bicyclic) bond motifs is 1. The lowest BCUT2D eigenvalue weighted by molar-refractivity contribution is -0.141. The van der Waals surface area contributed by atoms with E-state index in [-0.39, 0.29) is 30.4 Å². The Morgan fingerprint density at radius 2 is 2.17 bits per heavy atom. The fourth-order valence-corrected chi connectivity index (χ4v) is 4.39. The smallest absolute Gasteiger partial charge is 0.410 e. The van der Waals surface area contributed by atoms with Crippen molar-refractivity contribution in [3.8, 4) is 0 Å². The van der Waals surface area contributed by atoms with Gasteiger partial charge in [0.1, 0.15) is 12.4 Å². The van der Waals surface area contributed by atoms with Crippen molar-refractivity contribution >= 4 is 11.9 Å². The third kappa shape index (κ3) is 3.82. The van der Waals surface area contributed by atoms with E-state index in [1.807, 2.05) is 0 Å². The van der Waals surface area contributed by atoms with Crippen LogP contribution < -0.4 is 0 Å². The van der Waals surface area contributed by atoms with Gasteiger partial charge in [0.05, 0.1) is 11.6 Å². The van der Waals surface area contributed by atoms with Gasteiger partial charge in [-0.1, -0.05) is 45.3 Å². The maximum absolute atomic E-state index is 12.3. The van der Waals surface area contributed by atoms with E-state index < -0.39 is 5.60 Å². The van der Waals surface area contributed by atoms with Crippen LogP contribution in [0.3, 0.4) is 0 Å². The van der Waals surface area contributed by atoms with Gasteiger partial charge in [-0.3, -0.25) is 4.79 Å². The Bertz CT molecular complexity index is 464. The minimum atomic E-state index is -0.396. The summed E-state index contributed by atoms with van der Waals surface area (Å²) < 4.78 is 11.2. The molecule has 1 heterocycles. The lowest BCUT2D eigenvalue weighted by atomic mass is 9.69. The molecule has 1 saturated carbocycles. The minimum absolute atomic E-state index is 0.191. The average molecular weight is 337 g/mol. The van der Waals surface area contributed by atoms with Crippen molar-refractivity contribution in [1.82, 2.24) is 4.90 Å². The summed E-state index contributed by atoms with van der Waals surface area (Å²) in [5.74, 6) is 0.430. The number of nitrogens with zero attached hydrogens (tertiary/aromatic N) is 1. The van der Waals surface area contributed by atoms with Crippen LogP contribution in [0.5, 0.6) is 0 Å². The molecule has 1 amide bonds. The lowest BCUT2D eigenvalue weighted by Crippen LogP contribution is -2.56. The van der Waals surface area contributed by atoms with Crippen molar-refractivity contribution in [3.05, 3.63) is 12.7 Å². The van der Waals surface area contributed by atoms with E-state index in [2.05, 4.69) is 13.5 Å². The monoisotopic (exact) mass is 337 g/mol. The van der Waals surface area contributed by atoms with Gasteiger partial charge in [-0.15, -0.1) is 0 Å². The molecule has 136 valence electrons. The van der Waals surface area contributed by atoms with E-state index in [9.17, 15) is 9.59 Å². The highest BCUT2D eigenvalue weighted by atomic mass is 16.6. The SMILES string of the molecule is C=CCOC(=O)N1CC[C@]2(OC)[C@@H](CCCCCC)CC(=O)C[C@H]12. The molecule has 0 radical (unpaired) electrons. The van der Waals surface area contributed by atoms with Gasteiger partial charge >= 0.3 is 6.09 Å². The van der Waals surface area contributed by atoms with Crippen LogP contribution in [-0.4, -0.2) is 48.7 Å². The third-order valence-corrected chi connectivity index (χ3v) is 5.62. The van der Waals surface area contributed by atoms with Gasteiger partial charge in [-0.05, 0) is 18.8 Å². The Hall–Kier alpha value is -1.36. The zero-order valence-electron chi connectivity index (χ0n) is 15.1.